The normalized spacial score (nSPS) is 17.6. The molecule has 2 heterocycles. The lowest BCUT2D eigenvalue weighted by molar-refractivity contribution is -0.132. The number of anilines is 1. The van der Waals surface area contributed by atoms with Crippen molar-refractivity contribution in [2.45, 2.75) is 32.7 Å². The van der Waals surface area contributed by atoms with E-state index in [0.29, 0.717) is 5.92 Å². The molecule has 0 aliphatic carbocycles. The molecule has 1 fully saturated rings. The molecule has 116 valence electrons. The quantitative estimate of drug-likeness (QED) is 0.892. The maximum Gasteiger partial charge on any atom is 0.239 e. The number of rotatable bonds is 5. The fraction of sp³-hybridized carbons (Fsp3) is 0.625. The van der Waals surface area contributed by atoms with Crippen molar-refractivity contribution in [3.63, 3.8) is 0 Å². The number of pyridine rings is 1. The van der Waals surface area contributed by atoms with Gasteiger partial charge in [0.1, 0.15) is 5.82 Å². The second-order valence-electron chi connectivity index (χ2n) is 5.78. The predicted molar refractivity (Wildman–Crippen MR) is 85.1 cm³/mol. The highest BCUT2D eigenvalue weighted by atomic mass is 16.2. The number of hydrogen-bond donors (Lipinski definition) is 1. The number of hydrogen-bond acceptors (Lipinski definition) is 4. The van der Waals surface area contributed by atoms with Crippen LogP contribution in [0.3, 0.4) is 0 Å². The summed E-state index contributed by atoms with van der Waals surface area (Å²) in [5, 5.41) is 0. The molecule has 5 nitrogen and oxygen atoms in total. The Morgan fingerprint density at radius 3 is 2.71 bits per heavy atom. The van der Waals surface area contributed by atoms with Gasteiger partial charge in [0.05, 0.1) is 6.04 Å². The third kappa shape index (κ3) is 4.17. The smallest absolute Gasteiger partial charge is 0.239 e. The second kappa shape index (κ2) is 7.41. The van der Waals surface area contributed by atoms with Gasteiger partial charge < -0.3 is 15.5 Å². The Labute approximate surface area is 127 Å². The van der Waals surface area contributed by atoms with E-state index in [1.807, 2.05) is 30.2 Å². The first-order chi connectivity index (χ1) is 10.1. The van der Waals surface area contributed by atoms with Gasteiger partial charge in [-0.1, -0.05) is 6.07 Å². The Kier molecular flexibility index (Phi) is 5.56. The molecule has 0 unspecified atom stereocenters. The molecular weight excluding hydrogens is 264 g/mol. The van der Waals surface area contributed by atoms with Gasteiger partial charge in [0, 0.05) is 32.4 Å². The highest BCUT2D eigenvalue weighted by Gasteiger charge is 2.24. The molecule has 1 aliphatic rings. The lowest BCUT2D eigenvalue weighted by Crippen LogP contribution is -2.46. The number of aromatic nitrogens is 1. The molecule has 1 atom stereocenters. The van der Waals surface area contributed by atoms with Crippen LogP contribution in [-0.2, 0) is 4.79 Å². The number of likely N-dealkylation sites (N-methyl/N-ethyl adjacent to an activating group) is 1. The molecule has 21 heavy (non-hydrogen) atoms. The SMILES string of the molecule is CCN(CC1CCN(c2ccccn2)CC1)C(=O)[C@@H](C)N. The van der Waals surface area contributed by atoms with Crippen LogP contribution in [0.4, 0.5) is 5.82 Å². The summed E-state index contributed by atoms with van der Waals surface area (Å²) in [6.45, 7) is 7.35. The summed E-state index contributed by atoms with van der Waals surface area (Å²) in [5.41, 5.74) is 5.71. The van der Waals surface area contributed by atoms with Crippen LogP contribution in [0.2, 0.25) is 0 Å². The van der Waals surface area contributed by atoms with E-state index in [-0.39, 0.29) is 5.91 Å². The molecule has 0 spiro atoms. The maximum absolute atomic E-state index is 12.0. The minimum absolute atomic E-state index is 0.0599. The summed E-state index contributed by atoms with van der Waals surface area (Å²) in [6.07, 6.45) is 4.03. The summed E-state index contributed by atoms with van der Waals surface area (Å²) in [6, 6.07) is 5.61. The Bertz CT molecular complexity index is 441. The first-order valence-corrected chi connectivity index (χ1v) is 7.82. The van der Waals surface area contributed by atoms with Crippen LogP contribution < -0.4 is 10.6 Å². The van der Waals surface area contributed by atoms with Crippen LogP contribution in [-0.4, -0.2) is 48.0 Å². The molecule has 0 bridgehead atoms. The molecule has 5 heteroatoms. The van der Waals surface area contributed by atoms with Crippen LogP contribution >= 0.6 is 0 Å². The number of nitrogens with two attached hydrogens (primary N) is 1. The predicted octanol–water partition coefficient (Wildman–Crippen LogP) is 1.49. The van der Waals surface area contributed by atoms with Crippen molar-refractivity contribution in [1.29, 1.82) is 0 Å². The number of nitrogens with zero attached hydrogens (tertiary/aromatic N) is 3. The van der Waals surface area contributed by atoms with E-state index in [1.54, 1.807) is 6.92 Å². The zero-order chi connectivity index (χ0) is 15.2. The van der Waals surface area contributed by atoms with Crippen molar-refractivity contribution >= 4 is 11.7 Å². The highest BCUT2D eigenvalue weighted by Crippen LogP contribution is 2.22. The van der Waals surface area contributed by atoms with Gasteiger partial charge in [0.2, 0.25) is 5.91 Å². The molecule has 1 aromatic heterocycles. The topological polar surface area (TPSA) is 62.5 Å². The van der Waals surface area contributed by atoms with Crippen molar-refractivity contribution in [3.05, 3.63) is 24.4 Å². The molecule has 1 saturated heterocycles. The molecule has 2 rings (SSSR count). The lowest BCUT2D eigenvalue weighted by Gasteiger charge is -2.35. The van der Waals surface area contributed by atoms with Crippen LogP contribution in [0.15, 0.2) is 24.4 Å². The Morgan fingerprint density at radius 2 is 2.19 bits per heavy atom. The van der Waals surface area contributed by atoms with E-state index >= 15 is 0 Å². The number of carbonyl (C=O) groups is 1. The standard InChI is InChI=1S/C16H26N4O/c1-3-19(16(21)13(2)17)12-14-7-10-20(11-8-14)15-6-4-5-9-18-15/h4-6,9,13-14H,3,7-8,10-12,17H2,1-2H3/t13-/m1/s1. The number of piperidine rings is 1. The van der Waals surface area contributed by atoms with E-state index in [9.17, 15) is 4.79 Å². The van der Waals surface area contributed by atoms with Gasteiger partial charge in [-0.3, -0.25) is 4.79 Å². The summed E-state index contributed by atoms with van der Waals surface area (Å²) in [4.78, 5) is 20.6. The highest BCUT2D eigenvalue weighted by molar-refractivity contribution is 5.81. The first kappa shape index (κ1) is 15.8. The van der Waals surface area contributed by atoms with E-state index < -0.39 is 6.04 Å². The molecule has 0 radical (unpaired) electrons. The zero-order valence-electron chi connectivity index (χ0n) is 13.0. The first-order valence-electron chi connectivity index (χ1n) is 7.82. The summed E-state index contributed by atoms with van der Waals surface area (Å²) in [5.74, 6) is 1.67. The van der Waals surface area contributed by atoms with Crippen molar-refractivity contribution < 1.29 is 4.79 Å². The Morgan fingerprint density at radius 1 is 1.48 bits per heavy atom. The molecule has 1 aliphatic heterocycles. The third-order valence-electron chi connectivity index (χ3n) is 4.15. The average molecular weight is 290 g/mol. The van der Waals surface area contributed by atoms with Gasteiger partial charge in [-0.05, 0) is 44.7 Å². The summed E-state index contributed by atoms with van der Waals surface area (Å²) < 4.78 is 0. The molecule has 1 amide bonds. The van der Waals surface area contributed by atoms with E-state index in [0.717, 1.165) is 44.8 Å². The fourth-order valence-corrected chi connectivity index (χ4v) is 2.86. The molecule has 2 N–H and O–H groups in total. The largest absolute Gasteiger partial charge is 0.357 e. The average Bonchev–Trinajstić information content (AvgIpc) is 2.53. The Hall–Kier alpha value is -1.62. The maximum atomic E-state index is 12.0. The monoisotopic (exact) mass is 290 g/mol. The van der Waals surface area contributed by atoms with E-state index in [4.69, 9.17) is 5.73 Å². The van der Waals surface area contributed by atoms with Gasteiger partial charge in [-0.2, -0.15) is 0 Å². The number of amides is 1. The van der Waals surface area contributed by atoms with Crippen LogP contribution in [0.25, 0.3) is 0 Å². The Balaban J connectivity index is 1.85. The van der Waals surface area contributed by atoms with Crippen molar-refractivity contribution in [2.24, 2.45) is 11.7 Å². The van der Waals surface area contributed by atoms with Crippen LogP contribution in [0.1, 0.15) is 26.7 Å². The van der Waals surface area contributed by atoms with Crippen molar-refractivity contribution in [3.8, 4) is 0 Å². The van der Waals surface area contributed by atoms with E-state index in [2.05, 4.69) is 16.0 Å². The summed E-state index contributed by atoms with van der Waals surface area (Å²) >= 11 is 0. The fourth-order valence-electron chi connectivity index (χ4n) is 2.86. The van der Waals surface area contributed by atoms with Gasteiger partial charge in [0.15, 0.2) is 0 Å². The number of carbonyl (C=O) groups excluding carboxylic acids is 1. The molecule has 0 aromatic carbocycles. The third-order valence-corrected chi connectivity index (χ3v) is 4.15. The minimum Gasteiger partial charge on any atom is -0.357 e. The van der Waals surface area contributed by atoms with Gasteiger partial charge in [-0.15, -0.1) is 0 Å². The van der Waals surface area contributed by atoms with Crippen molar-refractivity contribution in [2.75, 3.05) is 31.1 Å². The molecule has 1 aromatic rings. The molecular formula is C16H26N4O. The minimum atomic E-state index is -0.404. The lowest BCUT2D eigenvalue weighted by atomic mass is 9.96. The van der Waals surface area contributed by atoms with Crippen LogP contribution in [0.5, 0.6) is 0 Å². The zero-order valence-corrected chi connectivity index (χ0v) is 13.0. The van der Waals surface area contributed by atoms with Crippen LogP contribution in [0, 0.1) is 5.92 Å². The summed E-state index contributed by atoms with van der Waals surface area (Å²) in [7, 11) is 0. The van der Waals surface area contributed by atoms with Gasteiger partial charge >= 0.3 is 0 Å². The van der Waals surface area contributed by atoms with Gasteiger partial charge in [0.25, 0.3) is 0 Å². The second-order valence-corrected chi connectivity index (χ2v) is 5.78. The molecule has 0 saturated carbocycles. The van der Waals surface area contributed by atoms with Crippen molar-refractivity contribution in [1.82, 2.24) is 9.88 Å². The van der Waals surface area contributed by atoms with E-state index in [1.165, 1.54) is 0 Å². The van der Waals surface area contributed by atoms with Gasteiger partial charge in [-0.25, -0.2) is 4.98 Å².